The van der Waals surface area contributed by atoms with Crippen molar-refractivity contribution < 1.29 is 22.4 Å². The second-order valence-electron chi connectivity index (χ2n) is 7.42. The molecule has 172 valence electrons. The lowest BCUT2D eigenvalue weighted by Gasteiger charge is -2.11. The first-order valence-corrected chi connectivity index (χ1v) is 11.5. The molecule has 0 spiro atoms. The van der Waals surface area contributed by atoms with E-state index < -0.39 is 21.7 Å². The standard InChI is InChI=1S/C23H23FN4O4S/c1-15(2)25-23(30)27-19-8-6-16(7-9-19)22(29)26-18-10-12-21(13-11-18)33(31,32)28-20-5-3-4-17(24)14-20/h3-15,28H,1-2H3,(H,26,29)(H2,25,27,30). The molecule has 10 heteroatoms. The molecule has 3 aromatic carbocycles. The van der Waals surface area contributed by atoms with E-state index >= 15 is 0 Å². The van der Waals surface area contributed by atoms with Crippen molar-refractivity contribution in [3.63, 3.8) is 0 Å². The lowest BCUT2D eigenvalue weighted by atomic mass is 10.2. The molecule has 0 radical (unpaired) electrons. The van der Waals surface area contributed by atoms with Gasteiger partial charge in [-0.3, -0.25) is 9.52 Å². The van der Waals surface area contributed by atoms with Crippen molar-refractivity contribution in [2.24, 2.45) is 0 Å². The van der Waals surface area contributed by atoms with E-state index in [1.807, 2.05) is 13.8 Å². The van der Waals surface area contributed by atoms with Gasteiger partial charge < -0.3 is 16.0 Å². The van der Waals surface area contributed by atoms with Crippen LogP contribution < -0.4 is 20.7 Å². The average Bonchev–Trinajstić information content (AvgIpc) is 2.73. The summed E-state index contributed by atoms with van der Waals surface area (Å²) >= 11 is 0. The summed E-state index contributed by atoms with van der Waals surface area (Å²) in [6.45, 7) is 3.69. The van der Waals surface area contributed by atoms with Gasteiger partial charge in [-0.05, 0) is 80.6 Å². The molecule has 0 heterocycles. The highest BCUT2D eigenvalue weighted by Crippen LogP contribution is 2.19. The number of benzene rings is 3. The maximum atomic E-state index is 13.3. The summed E-state index contributed by atoms with van der Waals surface area (Å²) in [6, 6.07) is 16.6. The van der Waals surface area contributed by atoms with Gasteiger partial charge in [-0.1, -0.05) is 6.07 Å². The fourth-order valence-electron chi connectivity index (χ4n) is 2.82. The van der Waals surface area contributed by atoms with E-state index in [-0.39, 0.29) is 22.7 Å². The van der Waals surface area contributed by atoms with Gasteiger partial charge in [-0.15, -0.1) is 0 Å². The van der Waals surface area contributed by atoms with E-state index in [1.165, 1.54) is 42.5 Å². The van der Waals surface area contributed by atoms with Crippen LogP contribution in [0.15, 0.2) is 77.7 Å². The van der Waals surface area contributed by atoms with Gasteiger partial charge in [0.05, 0.1) is 10.6 Å². The summed E-state index contributed by atoms with van der Waals surface area (Å²) in [7, 11) is -3.92. The number of carbonyl (C=O) groups is 2. The van der Waals surface area contributed by atoms with Crippen molar-refractivity contribution in [2.75, 3.05) is 15.4 Å². The Kier molecular flexibility index (Phi) is 7.29. The Morgan fingerprint density at radius 2 is 1.42 bits per heavy atom. The van der Waals surface area contributed by atoms with Crippen LogP contribution in [0.5, 0.6) is 0 Å². The Labute approximate surface area is 191 Å². The van der Waals surface area contributed by atoms with E-state index in [0.717, 1.165) is 6.07 Å². The molecule has 0 saturated heterocycles. The molecule has 0 atom stereocenters. The largest absolute Gasteiger partial charge is 0.336 e. The number of rotatable bonds is 7. The van der Waals surface area contributed by atoms with Gasteiger partial charge in [0.2, 0.25) is 0 Å². The highest BCUT2D eigenvalue weighted by Gasteiger charge is 2.15. The van der Waals surface area contributed by atoms with Crippen molar-refractivity contribution in [1.82, 2.24) is 5.32 Å². The zero-order chi connectivity index (χ0) is 24.0. The summed E-state index contributed by atoms with van der Waals surface area (Å²) in [6.07, 6.45) is 0. The number of halogens is 1. The SMILES string of the molecule is CC(C)NC(=O)Nc1ccc(C(=O)Nc2ccc(S(=O)(=O)Nc3cccc(F)c3)cc2)cc1. The molecule has 0 aromatic heterocycles. The molecule has 0 aliphatic carbocycles. The van der Waals surface area contributed by atoms with Crippen LogP contribution >= 0.6 is 0 Å². The highest BCUT2D eigenvalue weighted by atomic mass is 32.2. The molecule has 3 amide bonds. The van der Waals surface area contributed by atoms with Crippen molar-refractivity contribution in [3.8, 4) is 0 Å². The van der Waals surface area contributed by atoms with Crippen LogP contribution in [-0.4, -0.2) is 26.4 Å². The Bertz CT molecular complexity index is 1240. The zero-order valence-electron chi connectivity index (χ0n) is 17.9. The van der Waals surface area contributed by atoms with Crippen LogP contribution in [-0.2, 0) is 10.0 Å². The molecule has 8 nitrogen and oxygen atoms in total. The summed E-state index contributed by atoms with van der Waals surface area (Å²) in [5.74, 6) is -0.961. The number of nitrogens with one attached hydrogen (secondary N) is 4. The molecule has 0 bridgehead atoms. The van der Waals surface area contributed by atoms with Crippen molar-refractivity contribution >= 4 is 39.0 Å². The first-order chi connectivity index (χ1) is 15.6. The first-order valence-electron chi connectivity index (χ1n) is 10.00. The minimum Gasteiger partial charge on any atom is -0.336 e. The van der Waals surface area contributed by atoms with Gasteiger partial charge in [0, 0.05) is 23.0 Å². The minimum absolute atomic E-state index is 0.00598. The topological polar surface area (TPSA) is 116 Å². The first kappa shape index (κ1) is 23.7. The second kappa shape index (κ2) is 10.1. The van der Waals surface area contributed by atoms with Crippen LogP contribution in [0.2, 0.25) is 0 Å². The van der Waals surface area contributed by atoms with Crippen LogP contribution in [0.4, 0.5) is 26.2 Å². The average molecular weight is 471 g/mol. The number of urea groups is 1. The number of anilines is 3. The predicted octanol–water partition coefficient (Wildman–Crippen LogP) is 4.41. The quantitative estimate of drug-likeness (QED) is 0.409. The van der Waals surface area contributed by atoms with E-state index in [1.54, 1.807) is 24.3 Å². The molecule has 0 aliphatic heterocycles. The Balaban J connectivity index is 1.62. The molecule has 3 rings (SSSR count). The van der Waals surface area contributed by atoms with Crippen LogP contribution in [0, 0.1) is 5.82 Å². The van der Waals surface area contributed by atoms with Crippen LogP contribution in [0.3, 0.4) is 0 Å². The third kappa shape index (κ3) is 6.78. The molecule has 4 N–H and O–H groups in total. The number of sulfonamides is 1. The lowest BCUT2D eigenvalue weighted by Crippen LogP contribution is -2.34. The predicted molar refractivity (Wildman–Crippen MR) is 125 cm³/mol. The van der Waals surface area contributed by atoms with Gasteiger partial charge in [0.1, 0.15) is 5.82 Å². The van der Waals surface area contributed by atoms with Gasteiger partial charge in [-0.2, -0.15) is 0 Å². The number of hydrogen-bond donors (Lipinski definition) is 4. The van der Waals surface area contributed by atoms with E-state index in [2.05, 4.69) is 20.7 Å². The second-order valence-corrected chi connectivity index (χ2v) is 9.11. The number of carbonyl (C=O) groups excluding carboxylic acids is 2. The maximum Gasteiger partial charge on any atom is 0.319 e. The van der Waals surface area contributed by atoms with E-state index in [4.69, 9.17) is 0 Å². The fourth-order valence-corrected chi connectivity index (χ4v) is 3.87. The summed E-state index contributed by atoms with van der Waals surface area (Å²) < 4.78 is 40.5. The third-order valence-electron chi connectivity index (χ3n) is 4.32. The van der Waals surface area contributed by atoms with Crippen molar-refractivity contribution in [2.45, 2.75) is 24.8 Å². The Morgan fingerprint density at radius 3 is 2.03 bits per heavy atom. The van der Waals surface area contributed by atoms with Gasteiger partial charge in [-0.25, -0.2) is 17.6 Å². The third-order valence-corrected chi connectivity index (χ3v) is 5.72. The fraction of sp³-hybridized carbons (Fsp3) is 0.130. The smallest absolute Gasteiger partial charge is 0.319 e. The molecule has 0 saturated carbocycles. The normalized spacial score (nSPS) is 11.0. The monoisotopic (exact) mass is 470 g/mol. The maximum absolute atomic E-state index is 13.3. The van der Waals surface area contributed by atoms with Gasteiger partial charge in [0.25, 0.3) is 15.9 Å². The summed E-state index contributed by atoms with van der Waals surface area (Å²) in [5, 5.41) is 8.04. The number of amides is 3. The molecule has 33 heavy (non-hydrogen) atoms. The van der Waals surface area contributed by atoms with E-state index in [0.29, 0.717) is 16.9 Å². The molecule has 0 aliphatic rings. The van der Waals surface area contributed by atoms with Crippen molar-refractivity contribution in [3.05, 3.63) is 84.2 Å². The molecule has 0 unspecified atom stereocenters. The molecular weight excluding hydrogens is 447 g/mol. The van der Waals surface area contributed by atoms with Crippen LogP contribution in [0.25, 0.3) is 0 Å². The summed E-state index contributed by atoms with van der Waals surface area (Å²) in [5.41, 5.74) is 1.38. The molecule has 0 fully saturated rings. The van der Waals surface area contributed by atoms with Crippen molar-refractivity contribution in [1.29, 1.82) is 0 Å². The van der Waals surface area contributed by atoms with Gasteiger partial charge in [0.15, 0.2) is 0 Å². The van der Waals surface area contributed by atoms with Gasteiger partial charge >= 0.3 is 6.03 Å². The molecule has 3 aromatic rings. The van der Waals surface area contributed by atoms with Crippen LogP contribution in [0.1, 0.15) is 24.2 Å². The Morgan fingerprint density at radius 1 is 0.818 bits per heavy atom. The summed E-state index contributed by atoms with van der Waals surface area (Å²) in [4.78, 5) is 24.2. The lowest BCUT2D eigenvalue weighted by molar-refractivity contribution is 0.102. The van der Waals surface area contributed by atoms with E-state index in [9.17, 15) is 22.4 Å². The zero-order valence-corrected chi connectivity index (χ0v) is 18.7. The highest BCUT2D eigenvalue weighted by molar-refractivity contribution is 7.92. The minimum atomic E-state index is -3.92. The number of hydrogen-bond acceptors (Lipinski definition) is 4. The Hall–Kier alpha value is -3.92. The molecular formula is C23H23FN4O4S.